The van der Waals surface area contributed by atoms with Gasteiger partial charge in [-0.1, -0.05) is 12.5 Å². The minimum atomic E-state index is 0.315. The van der Waals surface area contributed by atoms with Gasteiger partial charge in [0.2, 0.25) is 0 Å². The Labute approximate surface area is 163 Å². The molecule has 0 aliphatic carbocycles. The summed E-state index contributed by atoms with van der Waals surface area (Å²) in [7, 11) is 0. The number of hydrogen-bond donors (Lipinski definition) is 0. The van der Waals surface area contributed by atoms with Crippen LogP contribution in [0.5, 0.6) is 0 Å². The quantitative estimate of drug-likeness (QED) is 0.145. The largest absolute Gasteiger partial charge is 0.499 e. The second-order valence-corrected chi connectivity index (χ2v) is 4.97. The summed E-state index contributed by atoms with van der Waals surface area (Å²) in [5.41, 5.74) is 0. The Balaban J connectivity index is 2.97. The maximum absolute atomic E-state index is 5.39. The molecule has 0 heterocycles. The van der Waals surface area contributed by atoms with Crippen molar-refractivity contribution in [3.05, 3.63) is 12.8 Å². The lowest BCUT2D eigenvalue weighted by Crippen LogP contribution is -2.14. The van der Waals surface area contributed by atoms with E-state index in [2.05, 4.69) is 12.5 Å². The first-order valence-electron chi connectivity index (χ1n) is 9.12. The van der Waals surface area contributed by atoms with E-state index in [9.17, 15) is 0 Å². The van der Waals surface area contributed by atoms with Crippen LogP contribution in [0.15, 0.2) is 12.8 Å². The minimum Gasteiger partial charge on any atom is -0.499 e. The summed E-state index contributed by atoms with van der Waals surface area (Å²) < 4.78 is 42.1. The van der Waals surface area contributed by atoms with Crippen molar-refractivity contribution in [2.45, 2.75) is 0 Å². The molecule has 0 N–H and O–H groups in total. The molecule has 0 rings (SSSR count). The zero-order valence-electron chi connectivity index (χ0n) is 16.2. The molecule has 0 aliphatic heterocycles. The smallest absolute Gasteiger partial charge is 0.111 e. The molecule has 0 aromatic heterocycles. The second kappa shape index (κ2) is 24.8. The minimum absolute atomic E-state index is 0.315. The SMILES string of the molecule is C#CCOCCOCCOCCOCCOCCOCCOCCOC=C. The fourth-order valence-corrected chi connectivity index (χ4v) is 1.64. The highest BCUT2D eigenvalue weighted by Gasteiger charge is 1.94. The Kier molecular flexibility index (Phi) is 23.7. The fraction of sp³-hybridized carbons (Fsp3) is 0.789. The Morgan fingerprint density at radius 2 is 0.815 bits per heavy atom. The van der Waals surface area contributed by atoms with Crippen molar-refractivity contribution in [2.24, 2.45) is 0 Å². The first kappa shape index (κ1) is 25.8. The highest BCUT2D eigenvalue weighted by atomic mass is 16.6. The monoisotopic (exact) mass is 390 g/mol. The Morgan fingerprint density at radius 1 is 0.519 bits per heavy atom. The second-order valence-electron chi connectivity index (χ2n) is 4.97. The zero-order valence-corrected chi connectivity index (χ0v) is 16.2. The standard InChI is InChI=1S/C19H34O8/c1-3-5-21-8-9-23-12-13-25-16-17-27-19-18-26-15-14-24-11-10-22-7-6-20-4-2/h1,4H,2,5-19H2. The van der Waals surface area contributed by atoms with Crippen LogP contribution in [0, 0.1) is 12.3 Å². The van der Waals surface area contributed by atoms with Gasteiger partial charge in [0.1, 0.15) is 13.2 Å². The van der Waals surface area contributed by atoms with E-state index in [1.165, 1.54) is 6.26 Å². The van der Waals surface area contributed by atoms with Crippen LogP contribution in [0.25, 0.3) is 0 Å². The van der Waals surface area contributed by atoms with Gasteiger partial charge in [-0.05, 0) is 0 Å². The van der Waals surface area contributed by atoms with E-state index in [-0.39, 0.29) is 0 Å². The van der Waals surface area contributed by atoms with E-state index in [0.29, 0.717) is 99.1 Å². The average Bonchev–Trinajstić information content (AvgIpc) is 2.68. The first-order chi connectivity index (χ1) is 13.4. The van der Waals surface area contributed by atoms with Crippen molar-refractivity contribution >= 4 is 0 Å². The fourth-order valence-electron chi connectivity index (χ4n) is 1.64. The molecule has 0 aliphatic rings. The molecule has 0 aromatic rings. The zero-order chi connectivity index (χ0) is 19.7. The van der Waals surface area contributed by atoms with Crippen molar-refractivity contribution < 1.29 is 37.9 Å². The van der Waals surface area contributed by atoms with Gasteiger partial charge in [-0.3, -0.25) is 0 Å². The highest BCUT2D eigenvalue weighted by molar-refractivity contribution is 4.82. The molecule has 0 atom stereocenters. The summed E-state index contributed by atoms with van der Waals surface area (Å²) >= 11 is 0. The number of rotatable bonds is 23. The van der Waals surface area contributed by atoms with Gasteiger partial charge in [-0.15, -0.1) is 6.42 Å². The molecular formula is C19H34O8. The molecule has 8 nitrogen and oxygen atoms in total. The number of ether oxygens (including phenoxy) is 8. The molecule has 8 heteroatoms. The van der Waals surface area contributed by atoms with Gasteiger partial charge in [0.05, 0.1) is 92.2 Å². The third-order valence-electron chi connectivity index (χ3n) is 2.88. The average molecular weight is 390 g/mol. The van der Waals surface area contributed by atoms with Crippen molar-refractivity contribution in [3.8, 4) is 12.3 Å². The molecule has 0 bridgehead atoms. The van der Waals surface area contributed by atoms with E-state index < -0.39 is 0 Å². The first-order valence-corrected chi connectivity index (χ1v) is 9.12. The molecule has 0 fully saturated rings. The van der Waals surface area contributed by atoms with Crippen molar-refractivity contribution in [3.63, 3.8) is 0 Å². The lowest BCUT2D eigenvalue weighted by molar-refractivity contribution is -0.0209. The summed E-state index contributed by atoms with van der Waals surface area (Å²) in [6.45, 7) is 11.1. The van der Waals surface area contributed by atoms with Gasteiger partial charge in [0, 0.05) is 0 Å². The van der Waals surface area contributed by atoms with Gasteiger partial charge in [-0.25, -0.2) is 0 Å². The summed E-state index contributed by atoms with van der Waals surface area (Å²) in [6, 6.07) is 0. The lowest BCUT2D eigenvalue weighted by Gasteiger charge is -2.08. The van der Waals surface area contributed by atoms with Gasteiger partial charge < -0.3 is 37.9 Å². The Bertz CT molecular complexity index is 332. The summed E-state index contributed by atoms with van der Waals surface area (Å²) in [5.74, 6) is 2.39. The third kappa shape index (κ3) is 24.8. The van der Waals surface area contributed by atoms with Crippen LogP contribution in [-0.2, 0) is 37.9 Å². The normalized spacial score (nSPS) is 10.6. The van der Waals surface area contributed by atoms with Crippen LogP contribution in [0.3, 0.4) is 0 Å². The maximum Gasteiger partial charge on any atom is 0.111 e. The molecule has 158 valence electrons. The van der Waals surface area contributed by atoms with Gasteiger partial charge >= 0.3 is 0 Å². The van der Waals surface area contributed by atoms with Crippen molar-refractivity contribution in [2.75, 3.05) is 99.1 Å². The topological polar surface area (TPSA) is 73.8 Å². The molecular weight excluding hydrogens is 356 g/mol. The van der Waals surface area contributed by atoms with Crippen molar-refractivity contribution in [1.82, 2.24) is 0 Å². The Morgan fingerprint density at radius 3 is 1.11 bits per heavy atom. The summed E-state index contributed by atoms with van der Waals surface area (Å²) in [4.78, 5) is 0. The van der Waals surface area contributed by atoms with Crippen LogP contribution in [-0.4, -0.2) is 99.1 Å². The van der Waals surface area contributed by atoms with Gasteiger partial charge in [0.15, 0.2) is 0 Å². The van der Waals surface area contributed by atoms with Crippen LogP contribution in [0.1, 0.15) is 0 Å². The molecule has 0 amide bonds. The predicted octanol–water partition coefficient (Wildman–Crippen LogP) is 0.896. The molecule has 0 saturated heterocycles. The molecule has 27 heavy (non-hydrogen) atoms. The van der Waals surface area contributed by atoms with Gasteiger partial charge in [0.25, 0.3) is 0 Å². The van der Waals surface area contributed by atoms with Crippen LogP contribution in [0.4, 0.5) is 0 Å². The van der Waals surface area contributed by atoms with E-state index in [1.54, 1.807) is 0 Å². The van der Waals surface area contributed by atoms with E-state index in [1.807, 2.05) is 0 Å². The molecule has 0 unspecified atom stereocenters. The molecule has 0 saturated carbocycles. The summed E-state index contributed by atoms with van der Waals surface area (Å²) in [5, 5.41) is 0. The predicted molar refractivity (Wildman–Crippen MR) is 101 cm³/mol. The number of terminal acetylenes is 1. The van der Waals surface area contributed by atoms with E-state index in [0.717, 1.165) is 0 Å². The lowest BCUT2D eigenvalue weighted by atomic mass is 10.6. The Hall–Kier alpha value is -1.18. The summed E-state index contributed by atoms with van der Waals surface area (Å²) in [6.07, 6.45) is 6.44. The highest BCUT2D eigenvalue weighted by Crippen LogP contribution is 1.85. The van der Waals surface area contributed by atoms with Crippen molar-refractivity contribution in [1.29, 1.82) is 0 Å². The molecule has 0 aromatic carbocycles. The number of hydrogen-bond acceptors (Lipinski definition) is 8. The molecule has 0 spiro atoms. The maximum atomic E-state index is 5.39. The van der Waals surface area contributed by atoms with E-state index >= 15 is 0 Å². The molecule has 0 radical (unpaired) electrons. The van der Waals surface area contributed by atoms with Crippen LogP contribution < -0.4 is 0 Å². The van der Waals surface area contributed by atoms with Crippen LogP contribution in [0.2, 0.25) is 0 Å². The van der Waals surface area contributed by atoms with Crippen LogP contribution >= 0.6 is 0 Å². The van der Waals surface area contributed by atoms with Gasteiger partial charge in [-0.2, -0.15) is 0 Å². The third-order valence-corrected chi connectivity index (χ3v) is 2.88. The van der Waals surface area contributed by atoms with E-state index in [4.69, 9.17) is 44.3 Å².